The Labute approximate surface area is 143 Å². The third-order valence-electron chi connectivity index (χ3n) is 3.17. The van der Waals surface area contributed by atoms with E-state index in [2.05, 4.69) is 26.6 Å². The van der Waals surface area contributed by atoms with E-state index >= 15 is 0 Å². The lowest BCUT2D eigenvalue weighted by molar-refractivity contribution is 0.0956. The lowest BCUT2D eigenvalue weighted by Gasteiger charge is -2.11. The highest BCUT2D eigenvalue weighted by molar-refractivity contribution is 9.10. The highest BCUT2D eigenvalue weighted by Gasteiger charge is 2.14. The number of para-hydroxylation sites is 1. The van der Waals surface area contributed by atoms with E-state index in [0.717, 1.165) is 0 Å². The van der Waals surface area contributed by atoms with Crippen LogP contribution in [-0.4, -0.2) is 25.5 Å². The first-order valence-electron chi connectivity index (χ1n) is 7.09. The topological polar surface area (TPSA) is 67.4 Å². The number of methoxy groups -OCH3 is 1. The van der Waals surface area contributed by atoms with Crippen molar-refractivity contribution >= 4 is 33.4 Å². The Morgan fingerprint density at radius 1 is 1.13 bits per heavy atom. The summed E-state index contributed by atoms with van der Waals surface area (Å²) in [5.74, 6) is 0.119. The van der Waals surface area contributed by atoms with Crippen LogP contribution >= 0.6 is 15.9 Å². The highest BCUT2D eigenvalue weighted by atomic mass is 79.9. The van der Waals surface area contributed by atoms with Crippen LogP contribution in [0, 0.1) is 0 Å². The summed E-state index contributed by atoms with van der Waals surface area (Å²) in [4.78, 5) is 24.4. The molecule has 0 spiro atoms. The first-order chi connectivity index (χ1) is 11.1. The monoisotopic (exact) mass is 376 g/mol. The van der Waals surface area contributed by atoms with Crippen LogP contribution in [0.15, 0.2) is 46.9 Å². The van der Waals surface area contributed by atoms with E-state index in [1.165, 1.54) is 0 Å². The minimum atomic E-state index is -0.301. The molecule has 0 unspecified atom stereocenters. The number of hydrogen-bond donors (Lipinski definition) is 2. The van der Waals surface area contributed by atoms with Crippen LogP contribution in [0.4, 0.5) is 5.69 Å². The number of benzene rings is 2. The van der Waals surface area contributed by atoms with Crippen molar-refractivity contribution in [2.45, 2.75) is 6.92 Å². The quantitative estimate of drug-likeness (QED) is 0.839. The van der Waals surface area contributed by atoms with Crippen molar-refractivity contribution in [2.24, 2.45) is 0 Å². The van der Waals surface area contributed by atoms with Gasteiger partial charge in [-0.2, -0.15) is 0 Å². The second-order valence-corrected chi connectivity index (χ2v) is 5.56. The zero-order valence-corrected chi connectivity index (χ0v) is 14.4. The lowest BCUT2D eigenvalue weighted by atomic mass is 10.1. The number of anilines is 1. The SMILES string of the molecule is CCNC(=O)c1ccccc1NC(=O)c1ccc(OC)c(Br)c1. The van der Waals surface area contributed by atoms with Crippen molar-refractivity contribution < 1.29 is 14.3 Å². The van der Waals surface area contributed by atoms with Crippen LogP contribution < -0.4 is 15.4 Å². The third kappa shape index (κ3) is 4.10. The molecule has 0 atom stereocenters. The van der Waals surface area contributed by atoms with Crippen molar-refractivity contribution in [1.82, 2.24) is 5.32 Å². The molecular formula is C17H17BrN2O3. The molecule has 0 bridgehead atoms. The molecule has 0 aromatic heterocycles. The van der Waals surface area contributed by atoms with Gasteiger partial charge >= 0.3 is 0 Å². The molecular weight excluding hydrogens is 360 g/mol. The molecule has 0 saturated heterocycles. The average molecular weight is 377 g/mol. The van der Waals surface area contributed by atoms with E-state index in [9.17, 15) is 9.59 Å². The van der Waals surface area contributed by atoms with Crippen molar-refractivity contribution in [3.05, 3.63) is 58.1 Å². The van der Waals surface area contributed by atoms with Gasteiger partial charge in [0.1, 0.15) is 5.75 Å². The molecule has 0 fully saturated rings. The molecule has 0 radical (unpaired) electrons. The summed E-state index contributed by atoms with van der Waals surface area (Å²) in [6.45, 7) is 2.36. The van der Waals surface area contributed by atoms with Gasteiger partial charge in [-0.1, -0.05) is 12.1 Å². The van der Waals surface area contributed by atoms with Crippen LogP contribution in [0.1, 0.15) is 27.6 Å². The van der Waals surface area contributed by atoms with Crippen molar-refractivity contribution in [3.63, 3.8) is 0 Å². The summed E-state index contributed by atoms with van der Waals surface area (Å²) in [5, 5.41) is 5.49. The summed E-state index contributed by atoms with van der Waals surface area (Å²) in [7, 11) is 1.56. The largest absolute Gasteiger partial charge is 0.496 e. The molecule has 0 aliphatic carbocycles. The Morgan fingerprint density at radius 3 is 2.52 bits per heavy atom. The Hall–Kier alpha value is -2.34. The fourth-order valence-electron chi connectivity index (χ4n) is 2.05. The summed E-state index contributed by atoms with van der Waals surface area (Å²) in [5.41, 5.74) is 1.36. The average Bonchev–Trinajstić information content (AvgIpc) is 2.55. The Bertz CT molecular complexity index is 732. The van der Waals surface area contributed by atoms with Crippen LogP contribution in [0.5, 0.6) is 5.75 Å². The fraction of sp³-hybridized carbons (Fsp3) is 0.176. The Balaban J connectivity index is 2.24. The van der Waals surface area contributed by atoms with Gasteiger partial charge in [0.05, 0.1) is 22.8 Å². The van der Waals surface area contributed by atoms with E-state index in [-0.39, 0.29) is 11.8 Å². The van der Waals surface area contributed by atoms with E-state index in [4.69, 9.17) is 4.74 Å². The van der Waals surface area contributed by atoms with E-state index in [1.54, 1.807) is 49.6 Å². The van der Waals surface area contributed by atoms with E-state index in [0.29, 0.717) is 33.6 Å². The van der Waals surface area contributed by atoms with Crippen molar-refractivity contribution in [3.8, 4) is 5.75 Å². The van der Waals surface area contributed by atoms with Crippen LogP contribution in [-0.2, 0) is 0 Å². The van der Waals surface area contributed by atoms with Gasteiger partial charge < -0.3 is 15.4 Å². The Kier molecular flexibility index (Phi) is 5.76. The number of rotatable bonds is 5. The molecule has 0 aliphatic rings. The molecule has 0 saturated carbocycles. The van der Waals surface area contributed by atoms with Crippen LogP contribution in [0.2, 0.25) is 0 Å². The molecule has 2 rings (SSSR count). The number of amides is 2. The summed E-state index contributed by atoms with van der Waals surface area (Å²) in [6.07, 6.45) is 0. The zero-order chi connectivity index (χ0) is 16.8. The van der Waals surface area contributed by atoms with Gasteiger partial charge in [0.2, 0.25) is 0 Å². The summed E-state index contributed by atoms with van der Waals surface area (Å²) >= 11 is 3.35. The molecule has 2 amide bonds. The molecule has 2 aromatic rings. The van der Waals surface area contributed by atoms with Gasteiger partial charge in [-0.05, 0) is 53.2 Å². The van der Waals surface area contributed by atoms with Gasteiger partial charge in [0.25, 0.3) is 11.8 Å². The maximum atomic E-state index is 12.4. The molecule has 23 heavy (non-hydrogen) atoms. The molecule has 5 nitrogen and oxygen atoms in total. The standard InChI is InChI=1S/C17H17BrN2O3/c1-3-19-17(22)12-6-4-5-7-14(12)20-16(21)11-8-9-15(23-2)13(18)10-11/h4-10H,3H2,1-2H3,(H,19,22)(H,20,21). The molecule has 6 heteroatoms. The molecule has 2 aromatic carbocycles. The maximum absolute atomic E-state index is 12.4. The van der Waals surface area contributed by atoms with E-state index in [1.807, 2.05) is 6.92 Å². The zero-order valence-electron chi connectivity index (χ0n) is 12.9. The van der Waals surface area contributed by atoms with Gasteiger partial charge in [0, 0.05) is 12.1 Å². The number of nitrogens with one attached hydrogen (secondary N) is 2. The number of halogens is 1. The van der Waals surface area contributed by atoms with Gasteiger partial charge in [-0.25, -0.2) is 0 Å². The third-order valence-corrected chi connectivity index (χ3v) is 3.79. The molecule has 0 aliphatic heterocycles. The van der Waals surface area contributed by atoms with Gasteiger partial charge in [0.15, 0.2) is 0 Å². The minimum absolute atomic E-state index is 0.223. The molecule has 2 N–H and O–H groups in total. The smallest absolute Gasteiger partial charge is 0.255 e. The first kappa shape index (κ1) is 17.0. The van der Waals surface area contributed by atoms with Crippen LogP contribution in [0.3, 0.4) is 0 Å². The fourth-order valence-corrected chi connectivity index (χ4v) is 2.59. The minimum Gasteiger partial charge on any atom is -0.496 e. The summed E-state index contributed by atoms with van der Waals surface area (Å²) < 4.78 is 5.83. The predicted octanol–water partition coefficient (Wildman–Crippen LogP) is 3.46. The van der Waals surface area contributed by atoms with Gasteiger partial charge in [-0.3, -0.25) is 9.59 Å². The Morgan fingerprint density at radius 2 is 1.87 bits per heavy atom. The maximum Gasteiger partial charge on any atom is 0.255 e. The highest BCUT2D eigenvalue weighted by Crippen LogP contribution is 2.26. The second-order valence-electron chi connectivity index (χ2n) is 4.71. The number of carbonyl (C=O) groups excluding carboxylic acids is 2. The number of carbonyl (C=O) groups is 2. The molecule has 120 valence electrons. The lowest BCUT2D eigenvalue weighted by Crippen LogP contribution is -2.24. The van der Waals surface area contributed by atoms with E-state index < -0.39 is 0 Å². The van der Waals surface area contributed by atoms with Crippen molar-refractivity contribution in [2.75, 3.05) is 19.0 Å². The summed E-state index contributed by atoms with van der Waals surface area (Å²) in [6, 6.07) is 11.9. The number of hydrogen-bond acceptors (Lipinski definition) is 3. The van der Waals surface area contributed by atoms with Crippen LogP contribution in [0.25, 0.3) is 0 Å². The normalized spacial score (nSPS) is 10.0. The first-order valence-corrected chi connectivity index (χ1v) is 7.88. The second kappa shape index (κ2) is 7.78. The van der Waals surface area contributed by atoms with Crippen molar-refractivity contribution in [1.29, 1.82) is 0 Å². The predicted molar refractivity (Wildman–Crippen MR) is 93.1 cm³/mol. The number of ether oxygens (including phenoxy) is 1. The molecule has 0 heterocycles. The van der Waals surface area contributed by atoms with Gasteiger partial charge in [-0.15, -0.1) is 0 Å².